The zero-order chi connectivity index (χ0) is 14.6. The smallest absolute Gasteiger partial charge is 0.410 e. The fourth-order valence-electron chi connectivity index (χ4n) is 1.41. The van der Waals surface area contributed by atoms with Crippen LogP contribution in [0.3, 0.4) is 0 Å². The Morgan fingerprint density at radius 3 is 2.85 bits per heavy atom. The number of nitrogens with one attached hydrogen (secondary N) is 1. The first-order valence-corrected chi connectivity index (χ1v) is 5.80. The Kier molecular flexibility index (Phi) is 3.78. The zero-order valence-electron chi connectivity index (χ0n) is 11.0. The SMILES string of the molecule is CC(C)(COc1ccc(NC(=O)O)nc1)n1cnnn1. The summed E-state index contributed by atoms with van der Waals surface area (Å²) >= 11 is 0. The second-order valence-corrected chi connectivity index (χ2v) is 4.66. The summed E-state index contributed by atoms with van der Waals surface area (Å²) < 4.78 is 7.20. The largest absolute Gasteiger partial charge is 0.489 e. The number of rotatable bonds is 5. The van der Waals surface area contributed by atoms with Gasteiger partial charge in [-0.3, -0.25) is 5.32 Å². The normalized spacial score (nSPS) is 11.1. The minimum Gasteiger partial charge on any atom is -0.489 e. The highest BCUT2D eigenvalue weighted by Crippen LogP contribution is 2.17. The first-order valence-electron chi connectivity index (χ1n) is 5.80. The van der Waals surface area contributed by atoms with E-state index in [9.17, 15) is 4.79 Å². The summed E-state index contributed by atoms with van der Waals surface area (Å²) in [6, 6.07) is 3.15. The van der Waals surface area contributed by atoms with Gasteiger partial charge in [0.25, 0.3) is 0 Å². The molecular weight excluding hydrogens is 264 g/mol. The molecule has 9 heteroatoms. The molecule has 0 aliphatic heterocycles. The summed E-state index contributed by atoms with van der Waals surface area (Å²) in [5, 5.41) is 21.7. The molecule has 0 atom stereocenters. The number of pyridine rings is 1. The fourth-order valence-corrected chi connectivity index (χ4v) is 1.41. The Labute approximate surface area is 114 Å². The van der Waals surface area contributed by atoms with Crippen molar-refractivity contribution < 1.29 is 14.6 Å². The van der Waals surface area contributed by atoms with Gasteiger partial charge in [-0.2, -0.15) is 0 Å². The lowest BCUT2D eigenvalue weighted by Gasteiger charge is -2.23. The number of hydrogen-bond donors (Lipinski definition) is 2. The number of aromatic nitrogens is 5. The van der Waals surface area contributed by atoms with Gasteiger partial charge in [0.1, 0.15) is 24.5 Å². The van der Waals surface area contributed by atoms with E-state index in [1.807, 2.05) is 13.8 Å². The van der Waals surface area contributed by atoms with Crippen LogP contribution in [0.5, 0.6) is 5.75 Å². The third kappa shape index (κ3) is 3.40. The Bertz CT molecular complexity index is 566. The van der Waals surface area contributed by atoms with Crippen LogP contribution in [0.1, 0.15) is 13.8 Å². The average Bonchev–Trinajstić information content (AvgIpc) is 2.92. The van der Waals surface area contributed by atoms with E-state index in [2.05, 4.69) is 25.8 Å². The first kappa shape index (κ1) is 13.7. The predicted molar refractivity (Wildman–Crippen MR) is 68.5 cm³/mol. The van der Waals surface area contributed by atoms with E-state index in [1.165, 1.54) is 18.6 Å². The summed E-state index contributed by atoms with van der Waals surface area (Å²) in [6.45, 7) is 4.19. The minimum atomic E-state index is -1.16. The number of amides is 1. The van der Waals surface area contributed by atoms with Crippen LogP contribution in [0.4, 0.5) is 10.6 Å². The van der Waals surface area contributed by atoms with Crippen LogP contribution in [-0.4, -0.2) is 43.0 Å². The van der Waals surface area contributed by atoms with Gasteiger partial charge >= 0.3 is 6.09 Å². The summed E-state index contributed by atoms with van der Waals surface area (Å²) in [5.74, 6) is 0.770. The second-order valence-electron chi connectivity index (χ2n) is 4.66. The Morgan fingerprint density at radius 1 is 1.50 bits per heavy atom. The lowest BCUT2D eigenvalue weighted by Crippen LogP contribution is -2.34. The molecule has 2 rings (SSSR count). The van der Waals surface area contributed by atoms with Crippen LogP contribution < -0.4 is 10.1 Å². The van der Waals surface area contributed by atoms with Crippen LogP contribution in [0.2, 0.25) is 0 Å². The highest BCUT2D eigenvalue weighted by Gasteiger charge is 2.22. The van der Waals surface area contributed by atoms with Gasteiger partial charge in [0.05, 0.1) is 11.7 Å². The maximum atomic E-state index is 10.4. The number of hydrogen-bond acceptors (Lipinski definition) is 6. The highest BCUT2D eigenvalue weighted by molar-refractivity contribution is 5.81. The van der Waals surface area contributed by atoms with Gasteiger partial charge in [0.15, 0.2) is 0 Å². The van der Waals surface area contributed by atoms with E-state index in [0.29, 0.717) is 12.4 Å². The van der Waals surface area contributed by atoms with Crippen LogP contribution in [-0.2, 0) is 5.54 Å². The first-order chi connectivity index (χ1) is 9.47. The van der Waals surface area contributed by atoms with Gasteiger partial charge in [-0.25, -0.2) is 14.5 Å². The van der Waals surface area contributed by atoms with Gasteiger partial charge < -0.3 is 9.84 Å². The predicted octanol–water partition coefficient (Wildman–Crippen LogP) is 0.972. The molecule has 0 saturated heterocycles. The average molecular weight is 278 g/mol. The van der Waals surface area contributed by atoms with E-state index < -0.39 is 11.6 Å². The Balaban J connectivity index is 1.95. The molecule has 2 aromatic heterocycles. The third-order valence-electron chi connectivity index (χ3n) is 2.53. The lowest BCUT2D eigenvalue weighted by molar-refractivity contribution is 0.168. The molecule has 2 aromatic rings. The fraction of sp³-hybridized carbons (Fsp3) is 0.364. The van der Waals surface area contributed by atoms with Gasteiger partial charge in [-0.1, -0.05) is 0 Å². The molecule has 0 aromatic carbocycles. The molecule has 9 nitrogen and oxygen atoms in total. The van der Waals surface area contributed by atoms with Crippen molar-refractivity contribution in [3.63, 3.8) is 0 Å². The van der Waals surface area contributed by atoms with Gasteiger partial charge in [0, 0.05) is 0 Å². The second kappa shape index (κ2) is 5.51. The molecule has 0 unspecified atom stereocenters. The Hall–Kier alpha value is -2.71. The minimum absolute atomic E-state index is 0.240. The van der Waals surface area contributed by atoms with Crippen LogP contribution in [0.25, 0.3) is 0 Å². The molecule has 0 fully saturated rings. The van der Waals surface area contributed by atoms with Crippen molar-refractivity contribution in [1.29, 1.82) is 0 Å². The van der Waals surface area contributed by atoms with Crippen molar-refractivity contribution in [2.24, 2.45) is 0 Å². The van der Waals surface area contributed by atoms with Gasteiger partial charge in [0.2, 0.25) is 0 Å². The lowest BCUT2D eigenvalue weighted by atomic mass is 10.1. The summed E-state index contributed by atoms with van der Waals surface area (Å²) in [6.07, 6.45) is 1.80. The molecule has 0 spiro atoms. The molecule has 0 aliphatic rings. The standard InChI is InChI=1S/C11H14N6O3/c1-11(2,17-7-13-15-16-17)6-20-8-3-4-9(12-5-8)14-10(18)19/h3-5,7H,6H2,1-2H3,(H,12,14)(H,18,19). The van der Waals surface area contributed by atoms with E-state index in [-0.39, 0.29) is 5.82 Å². The summed E-state index contributed by atoms with van der Waals surface area (Å²) in [4.78, 5) is 14.4. The van der Waals surface area contributed by atoms with Crippen molar-refractivity contribution >= 4 is 11.9 Å². The zero-order valence-corrected chi connectivity index (χ0v) is 11.0. The number of tetrazole rings is 1. The van der Waals surface area contributed by atoms with Gasteiger partial charge in [-0.05, 0) is 36.4 Å². The molecule has 2 heterocycles. The molecule has 0 radical (unpaired) electrons. The van der Waals surface area contributed by atoms with E-state index >= 15 is 0 Å². The molecule has 0 aliphatic carbocycles. The van der Waals surface area contributed by atoms with E-state index in [1.54, 1.807) is 10.7 Å². The quantitative estimate of drug-likeness (QED) is 0.837. The molecular formula is C11H14N6O3. The maximum absolute atomic E-state index is 10.4. The van der Waals surface area contributed by atoms with Crippen LogP contribution in [0, 0.1) is 0 Å². The number of nitrogens with zero attached hydrogens (tertiary/aromatic N) is 5. The molecule has 0 saturated carbocycles. The number of ether oxygens (including phenoxy) is 1. The molecule has 106 valence electrons. The molecule has 0 bridgehead atoms. The summed E-state index contributed by atoms with van der Waals surface area (Å²) in [7, 11) is 0. The van der Waals surface area contributed by atoms with Crippen molar-refractivity contribution in [2.75, 3.05) is 11.9 Å². The van der Waals surface area contributed by atoms with Crippen molar-refractivity contribution in [1.82, 2.24) is 25.2 Å². The topological polar surface area (TPSA) is 115 Å². The maximum Gasteiger partial charge on any atom is 0.410 e. The molecule has 2 N–H and O–H groups in total. The molecule has 1 amide bonds. The number of anilines is 1. The third-order valence-corrected chi connectivity index (χ3v) is 2.53. The van der Waals surface area contributed by atoms with E-state index in [0.717, 1.165) is 0 Å². The van der Waals surface area contributed by atoms with Crippen molar-refractivity contribution in [2.45, 2.75) is 19.4 Å². The number of carboxylic acid groups (broad SMARTS) is 1. The van der Waals surface area contributed by atoms with Crippen molar-refractivity contribution in [3.05, 3.63) is 24.7 Å². The van der Waals surface area contributed by atoms with Crippen molar-refractivity contribution in [3.8, 4) is 5.75 Å². The van der Waals surface area contributed by atoms with Crippen LogP contribution in [0.15, 0.2) is 24.7 Å². The van der Waals surface area contributed by atoms with Crippen LogP contribution >= 0.6 is 0 Å². The van der Waals surface area contributed by atoms with E-state index in [4.69, 9.17) is 9.84 Å². The highest BCUT2D eigenvalue weighted by atomic mass is 16.5. The Morgan fingerprint density at radius 2 is 2.30 bits per heavy atom. The summed E-state index contributed by atoms with van der Waals surface area (Å²) in [5.41, 5.74) is -0.415. The monoisotopic (exact) mass is 278 g/mol. The van der Waals surface area contributed by atoms with Gasteiger partial charge in [-0.15, -0.1) is 5.10 Å². The number of carbonyl (C=O) groups is 1. The molecule has 20 heavy (non-hydrogen) atoms.